The van der Waals surface area contributed by atoms with Gasteiger partial charge in [-0.1, -0.05) is 30.3 Å². The molecule has 0 amide bonds. The summed E-state index contributed by atoms with van der Waals surface area (Å²) in [5.41, 5.74) is 2.45. The fourth-order valence-corrected chi connectivity index (χ4v) is 1.64. The van der Waals surface area contributed by atoms with E-state index in [1.165, 1.54) is 5.56 Å². The molecule has 0 unspecified atom stereocenters. The largest absolute Gasteiger partial charge is 0.449 e. The van der Waals surface area contributed by atoms with Gasteiger partial charge in [0.25, 0.3) is 0 Å². The molecule has 0 radical (unpaired) electrons. The van der Waals surface area contributed by atoms with Gasteiger partial charge in [0.15, 0.2) is 5.89 Å². The molecule has 0 aliphatic rings. The Morgan fingerprint density at radius 2 is 1.93 bits per heavy atom. The molecule has 0 atom stereocenters. The summed E-state index contributed by atoms with van der Waals surface area (Å²) < 4.78 is 5.16. The van der Waals surface area contributed by atoms with Crippen molar-refractivity contribution in [2.75, 3.05) is 0 Å². The molecule has 1 aromatic heterocycles. The average molecular weight is 201 g/mol. The van der Waals surface area contributed by atoms with Crippen LogP contribution in [-0.2, 0) is 12.8 Å². The highest BCUT2D eigenvalue weighted by molar-refractivity contribution is 5.14. The van der Waals surface area contributed by atoms with Crippen LogP contribution < -0.4 is 0 Å². The van der Waals surface area contributed by atoms with Gasteiger partial charge in [-0.3, -0.25) is 0 Å². The lowest BCUT2D eigenvalue weighted by atomic mass is 10.1. The van der Waals surface area contributed by atoms with Crippen LogP contribution in [0.25, 0.3) is 0 Å². The lowest BCUT2D eigenvalue weighted by Gasteiger charge is -1.98. The third-order valence-electron chi connectivity index (χ3n) is 2.41. The molecule has 15 heavy (non-hydrogen) atoms. The van der Waals surface area contributed by atoms with Crippen LogP contribution in [0.5, 0.6) is 0 Å². The topological polar surface area (TPSA) is 26.0 Å². The van der Waals surface area contributed by atoms with Crippen LogP contribution in [0.4, 0.5) is 0 Å². The summed E-state index contributed by atoms with van der Waals surface area (Å²) in [4.78, 5) is 4.28. The summed E-state index contributed by atoms with van der Waals surface area (Å²) in [6.45, 7) is 1.88. The first-order valence-electron chi connectivity index (χ1n) is 5.29. The number of nitrogens with zero attached hydrogens (tertiary/aromatic N) is 1. The fourth-order valence-electron chi connectivity index (χ4n) is 1.64. The molecule has 2 nitrogen and oxygen atoms in total. The molecule has 1 heterocycles. The van der Waals surface area contributed by atoms with Gasteiger partial charge >= 0.3 is 0 Å². The first kappa shape index (κ1) is 9.97. The van der Waals surface area contributed by atoms with Gasteiger partial charge in [0.2, 0.25) is 0 Å². The lowest BCUT2D eigenvalue weighted by Crippen LogP contribution is -1.90. The highest BCUT2D eigenvalue weighted by Crippen LogP contribution is 2.07. The van der Waals surface area contributed by atoms with Crippen LogP contribution in [-0.4, -0.2) is 4.98 Å². The summed E-state index contributed by atoms with van der Waals surface area (Å²) in [6, 6.07) is 10.5. The van der Waals surface area contributed by atoms with E-state index in [0.717, 1.165) is 30.8 Å². The normalized spacial score (nSPS) is 10.5. The molecule has 1 aromatic carbocycles. The second-order valence-corrected chi connectivity index (χ2v) is 3.70. The zero-order chi connectivity index (χ0) is 10.5. The predicted octanol–water partition coefficient (Wildman–Crippen LogP) is 3.16. The van der Waals surface area contributed by atoms with E-state index in [1.54, 1.807) is 6.26 Å². The molecule has 0 bridgehead atoms. The summed E-state index contributed by atoms with van der Waals surface area (Å²) in [6.07, 6.45) is 4.97. The minimum absolute atomic E-state index is 0.754. The van der Waals surface area contributed by atoms with Crippen molar-refractivity contribution in [1.82, 2.24) is 4.98 Å². The Hall–Kier alpha value is -1.57. The predicted molar refractivity (Wildman–Crippen MR) is 59.7 cm³/mol. The van der Waals surface area contributed by atoms with Gasteiger partial charge in [0.05, 0.1) is 5.69 Å². The van der Waals surface area contributed by atoms with Crippen LogP contribution >= 0.6 is 0 Å². The maximum absolute atomic E-state index is 5.16. The van der Waals surface area contributed by atoms with Crippen molar-refractivity contribution in [3.63, 3.8) is 0 Å². The first-order chi connectivity index (χ1) is 7.34. The van der Waals surface area contributed by atoms with Gasteiger partial charge in [-0.25, -0.2) is 4.98 Å². The molecule has 0 saturated heterocycles. The van der Waals surface area contributed by atoms with Gasteiger partial charge < -0.3 is 4.42 Å². The van der Waals surface area contributed by atoms with E-state index in [0.29, 0.717) is 0 Å². The number of aromatic nitrogens is 1. The van der Waals surface area contributed by atoms with Gasteiger partial charge in [-0.05, 0) is 24.8 Å². The van der Waals surface area contributed by atoms with Crippen LogP contribution in [0.2, 0.25) is 0 Å². The van der Waals surface area contributed by atoms with Gasteiger partial charge in [0, 0.05) is 6.92 Å². The Labute approximate surface area is 90.0 Å². The molecule has 2 rings (SSSR count). The Morgan fingerprint density at radius 1 is 1.13 bits per heavy atom. The van der Waals surface area contributed by atoms with E-state index < -0.39 is 0 Å². The summed E-state index contributed by atoms with van der Waals surface area (Å²) in [7, 11) is 0. The maximum atomic E-state index is 5.16. The number of rotatable bonds is 4. The zero-order valence-corrected chi connectivity index (χ0v) is 8.94. The van der Waals surface area contributed by atoms with E-state index in [2.05, 4.69) is 29.2 Å². The second-order valence-electron chi connectivity index (χ2n) is 3.70. The molecular weight excluding hydrogens is 186 g/mol. The number of hydrogen-bond acceptors (Lipinski definition) is 2. The number of oxazole rings is 1. The molecule has 2 aromatic rings. The number of benzene rings is 1. The van der Waals surface area contributed by atoms with Crippen molar-refractivity contribution >= 4 is 0 Å². The Morgan fingerprint density at radius 3 is 2.60 bits per heavy atom. The maximum Gasteiger partial charge on any atom is 0.191 e. The number of aryl methyl sites for hydroxylation is 3. The van der Waals surface area contributed by atoms with Crippen LogP contribution in [0.1, 0.15) is 23.6 Å². The highest BCUT2D eigenvalue weighted by Gasteiger charge is 1.99. The Bertz CT molecular complexity index is 405. The Balaban J connectivity index is 1.80. The third-order valence-corrected chi connectivity index (χ3v) is 2.41. The molecule has 0 saturated carbocycles. The smallest absolute Gasteiger partial charge is 0.191 e. The summed E-state index contributed by atoms with van der Waals surface area (Å²) >= 11 is 0. The van der Waals surface area contributed by atoms with E-state index in [4.69, 9.17) is 4.42 Å². The molecule has 0 aliphatic carbocycles. The van der Waals surface area contributed by atoms with Gasteiger partial charge in [0.1, 0.15) is 6.26 Å². The molecule has 0 aliphatic heterocycles. The molecule has 2 heteroatoms. The zero-order valence-electron chi connectivity index (χ0n) is 8.94. The van der Waals surface area contributed by atoms with Crippen LogP contribution in [0.15, 0.2) is 41.0 Å². The SMILES string of the molecule is Cc1nc(CCCc2ccccc2)co1. The summed E-state index contributed by atoms with van der Waals surface area (Å²) in [5, 5.41) is 0. The van der Waals surface area contributed by atoms with Crippen molar-refractivity contribution in [2.24, 2.45) is 0 Å². The van der Waals surface area contributed by atoms with Crippen molar-refractivity contribution in [3.05, 3.63) is 53.7 Å². The van der Waals surface area contributed by atoms with E-state index in [9.17, 15) is 0 Å². The molecule has 0 fully saturated rings. The quantitative estimate of drug-likeness (QED) is 0.759. The van der Waals surface area contributed by atoms with E-state index in [1.807, 2.05) is 13.0 Å². The second kappa shape index (κ2) is 4.78. The van der Waals surface area contributed by atoms with Gasteiger partial charge in [-0.2, -0.15) is 0 Å². The van der Waals surface area contributed by atoms with Crippen molar-refractivity contribution in [1.29, 1.82) is 0 Å². The molecule has 0 N–H and O–H groups in total. The number of hydrogen-bond donors (Lipinski definition) is 0. The van der Waals surface area contributed by atoms with E-state index in [-0.39, 0.29) is 0 Å². The standard InChI is InChI=1S/C13H15NO/c1-11-14-13(10-15-11)9-5-8-12-6-3-2-4-7-12/h2-4,6-7,10H,5,8-9H2,1H3. The minimum Gasteiger partial charge on any atom is -0.449 e. The highest BCUT2D eigenvalue weighted by atomic mass is 16.3. The monoisotopic (exact) mass is 201 g/mol. The fraction of sp³-hybridized carbons (Fsp3) is 0.308. The summed E-state index contributed by atoms with van der Waals surface area (Å²) in [5.74, 6) is 0.754. The van der Waals surface area contributed by atoms with Crippen LogP contribution in [0.3, 0.4) is 0 Å². The van der Waals surface area contributed by atoms with Gasteiger partial charge in [-0.15, -0.1) is 0 Å². The van der Waals surface area contributed by atoms with Crippen molar-refractivity contribution in [2.45, 2.75) is 26.2 Å². The van der Waals surface area contributed by atoms with E-state index >= 15 is 0 Å². The van der Waals surface area contributed by atoms with Crippen LogP contribution in [0, 0.1) is 6.92 Å². The third kappa shape index (κ3) is 2.94. The first-order valence-corrected chi connectivity index (χ1v) is 5.29. The molecule has 78 valence electrons. The lowest BCUT2D eigenvalue weighted by molar-refractivity contribution is 0.520. The molecular formula is C13H15NO. The van der Waals surface area contributed by atoms with Crippen molar-refractivity contribution in [3.8, 4) is 0 Å². The Kier molecular flexibility index (Phi) is 3.18. The van der Waals surface area contributed by atoms with Crippen molar-refractivity contribution < 1.29 is 4.42 Å². The molecule has 0 spiro atoms. The average Bonchev–Trinajstić information content (AvgIpc) is 2.66. The minimum atomic E-state index is 0.754.